The maximum Gasteiger partial charge on any atom is 0.320 e. The van der Waals surface area contributed by atoms with Crippen molar-refractivity contribution in [3.63, 3.8) is 0 Å². The van der Waals surface area contributed by atoms with Crippen LogP contribution in [0, 0.1) is 0 Å². The van der Waals surface area contributed by atoms with Crippen LogP contribution in [0.2, 0.25) is 0 Å². The van der Waals surface area contributed by atoms with Crippen molar-refractivity contribution in [1.82, 2.24) is 10.3 Å². The van der Waals surface area contributed by atoms with E-state index in [1.54, 1.807) is 6.20 Å². The molecule has 2 aromatic rings. The zero-order valence-corrected chi connectivity index (χ0v) is 13.0. The van der Waals surface area contributed by atoms with Crippen LogP contribution in [0.5, 0.6) is 0 Å². The zero-order chi connectivity index (χ0) is 17.7. The van der Waals surface area contributed by atoms with Gasteiger partial charge in [0.2, 0.25) is 11.8 Å². The minimum Gasteiger partial charge on any atom is -0.480 e. The number of rotatable bonds is 8. The lowest BCUT2D eigenvalue weighted by molar-refractivity contribution is -0.138. The van der Waals surface area contributed by atoms with Crippen LogP contribution in [0.3, 0.4) is 0 Å². The first kappa shape index (κ1) is 17.5. The summed E-state index contributed by atoms with van der Waals surface area (Å²) in [5.74, 6) is -2.29. The van der Waals surface area contributed by atoms with Gasteiger partial charge in [0, 0.05) is 29.9 Å². The smallest absolute Gasteiger partial charge is 0.320 e. The Morgan fingerprint density at radius 2 is 1.96 bits per heavy atom. The first-order chi connectivity index (χ1) is 11.4. The highest BCUT2D eigenvalue weighted by Crippen LogP contribution is 2.19. The Labute approximate surface area is 138 Å². The van der Waals surface area contributed by atoms with Gasteiger partial charge in [-0.15, -0.1) is 0 Å². The van der Waals surface area contributed by atoms with Crippen molar-refractivity contribution in [1.29, 1.82) is 0 Å². The summed E-state index contributed by atoms with van der Waals surface area (Å²) in [6, 6.07) is 5.60. The van der Waals surface area contributed by atoms with Gasteiger partial charge in [-0.25, -0.2) is 0 Å². The number of para-hydroxylation sites is 1. The summed E-state index contributed by atoms with van der Waals surface area (Å²) < 4.78 is 0. The second-order valence-electron chi connectivity index (χ2n) is 5.57. The van der Waals surface area contributed by atoms with E-state index in [1.165, 1.54) is 0 Å². The van der Waals surface area contributed by atoms with Gasteiger partial charge >= 0.3 is 5.97 Å². The summed E-state index contributed by atoms with van der Waals surface area (Å²) >= 11 is 0. The van der Waals surface area contributed by atoms with E-state index >= 15 is 0 Å². The van der Waals surface area contributed by atoms with Crippen molar-refractivity contribution in [3.05, 3.63) is 36.0 Å². The minimum absolute atomic E-state index is 0.0142. The maximum atomic E-state index is 11.9. The van der Waals surface area contributed by atoms with Gasteiger partial charge in [-0.1, -0.05) is 18.2 Å². The number of aliphatic carboxylic acids is 1. The van der Waals surface area contributed by atoms with E-state index in [1.807, 2.05) is 24.3 Å². The van der Waals surface area contributed by atoms with Gasteiger partial charge in [0.05, 0.1) is 0 Å². The number of carbonyl (C=O) groups excluding carboxylic acids is 2. The van der Waals surface area contributed by atoms with Crippen molar-refractivity contribution in [2.75, 3.05) is 0 Å². The molecule has 7 N–H and O–H groups in total. The monoisotopic (exact) mass is 332 g/mol. The highest BCUT2D eigenvalue weighted by atomic mass is 16.4. The number of fused-ring (bicyclic) bond motifs is 1. The molecule has 0 spiro atoms. The number of nitrogens with one attached hydrogen (secondary N) is 2. The first-order valence-corrected chi connectivity index (χ1v) is 7.50. The molecule has 1 heterocycles. The van der Waals surface area contributed by atoms with E-state index in [0.29, 0.717) is 0 Å². The van der Waals surface area contributed by atoms with Crippen LogP contribution < -0.4 is 16.8 Å². The predicted octanol–water partition coefficient (Wildman–Crippen LogP) is -0.127. The zero-order valence-electron chi connectivity index (χ0n) is 13.0. The van der Waals surface area contributed by atoms with Crippen LogP contribution in [0.25, 0.3) is 10.9 Å². The van der Waals surface area contributed by atoms with Gasteiger partial charge in [0.15, 0.2) is 0 Å². The number of aromatic nitrogens is 1. The number of carboxylic acid groups (broad SMARTS) is 1. The Hall–Kier alpha value is -2.87. The predicted molar refractivity (Wildman–Crippen MR) is 88.0 cm³/mol. The van der Waals surface area contributed by atoms with Crippen molar-refractivity contribution >= 4 is 28.7 Å². The Kier molecular flexibility index (Phi) is 5.54. The minimum atomic E-state index is -1.17. The Balaban J connectivity index is 2.01. The molecule has 0 unspecified atom stereocenters. The van der Waals surface area contributed by atoms with Crippen LogP contribution in [0.4, 0.5) is 0 Å². The lowest BCUT2D eigenvalue weighted by Crippen LogP contribution is -2.46. The molecule has 8 nitrogen and oxygen atoms in total. The summed E-state index contributed by atoms with van der Waals surface area (Å²) in [5, 5.41) is 12.2. The number of aromatic amines is 1. The van der Waals surface area contributed by atoms with Gasteiger partial charge in [0.1, 0.15) is 12.1 Å². The molecule has 2 rings (SSSR count). The largest absolute Gasteiger partial charge is 0.480 e. The third-order valence-electron chi connectivity index (χ3n) is 3.78. The van der Waals surface area contributed by atoms with Crippen LogP contribution >= 0.6 is 0 Å². The number of carbonyl (C=O) groups is 3. The molecule has 8 heteroatoms. The standard InChI is InChI=1S/C16H20N4O4/c17-11(16(23)24)5-6-14(21)20-13(15(18)22)7-9-8-19-12-4-2-1-3-10(9)12/h1-4,8,11,13,19H,5-7,17H2,(H2,18,22)(H,20,21)(H,23,24)/t11-,13+/m1/s1. The normalized spacial score (nSPS) is 13.4. The van der Waals surface area contributed by atoms with E-state index < -0.39 is 29.9 Å². The number of hydrogen-bond donors (Lipinski definition) is 5. The second-order valence-corrected chi connectivity index (χ2v) is 5.57. The third kappa shape index (κ3) is 4.32. The van der Waals surface area contributed by atoms with E-state index in [-0.39, 0.29) is 19.3 Å². The van der Waals surface area contributed by atoms with Crippen LogP contribution in [0.1, 0.15) is 18.4 Å². The SMILES string of the molecule is NC(=O)[C@H](Cc1c[nH]c2ccccc12)NC(=O)CC[C@@H](N)C(=O)O. The van der Waals surface area contributed by atoms with Gasteiger partial charge in [-0.05, 0) is 18.1 Å². The average molecular weight is 332 g/mol. The van der Waals surface area contributed by atoms with Gasteiger partial charge in [0.25, 0.3) is 0 Å². The molecule has 0 fully saturated rings. The lowest BCUT2D eigenvalue weighted by atomic mass is 10.0. The maximum absolute atomic E-state index is 11.9. The van der Waals surface area contributed by atoms with E-state index in [4.69, 9.17) is 16.6 Å². The van der Waals surface area contributed by atoms with Crippen molar-refractivity contribution in [2.24, 2.45) is 11.5 Å². The summed E-state index contributed by atoms with van der Waals surface area (Å²) in [4.78, 5) is 37.3. The van der Waals surface area contributed by atoms with Crippen molar-refractivity contribution in [3.8, 4) is 0 Å². The number of carboxylic acids is 1. The molecule has 0 bridgehead atoms. The van der Waals surface area contributed by atoms with Crippen molar-refractivity contribution in [2.45, 2.75) is 31.3 Å². The summed E-state index contributed by atoms with van der Waals surface area (Å²) in [7, 11) is 0. The molecule has 0 aliphatic heterocycles. The first-order valence-electron chi connectivity index (χ1n) is 7.50. The molecule has 2 amide bonds. The molecule has 0 saturated heterocycles. The second kappa shape index (κ2) is 7.60. The molecule has 0 aliphatic carbocycles. The molecule has 0 saturated carbocycles. The summed E-state index contributed by atoms with van der Waals surface area (Å²) in [6.07, 6.45) is 1.91. The van der Waals surface area contributed by atoms with Crippen molar-refractivity contribution < 1.29 is 19.5 Å². The van der Waals surface area contributed by atoms with Crippen LogP contribution in [-0.4, -0.2) is 40.0 Å². The molecule has 1 aromatic heterocycles. The number of benzene rings is 1. The fraction of sp³-hybridized carbons (Fsp3) is 0.312. The fourth-order valence-corrected chi connectivity index (χ4v) is 2.42. The quantitative estimate of drug-likeness (QED) is 0.456. The average Bonchev–Trinajstić information content (AvgIpc) is 2.95. The molecule has 24 heavy (non-hydrogen) atoms. The number of primary amides is 1. The Morgan fingerprint density at radius 1 is 1.25 bits per heavy atom. The molecule has 1 aromatic carbocycles. The number of H-pyrrole nitrogens is 1. The van der Waals surface area contributed by atoms with Gasteiger partial charge in [-0.2, -0.15) is 0 Å². The van der Waals surface area contributed by atoms with E-state index in [0.717, 1.165) is 16.5 Å². The Morgan fingerprint density at radius 3 is 2.62 bits per heavy atom. The third-order valence-corrected chi connectivity index (χ3v) is 3.78. The Bertz CT molecular complexity index is 755. The van der Waals surface area contributed by atoms with Gasteiger partial charge < -0.3 is 26.9 Å². The number of hydrogen-bond acceptors (Lipinski definition) is 4. The number of nitrogens with two attached hydrogens (primary N) is 2. The highest BCUT2D eigenvalue weighted by Gasteiger charge is 2.21. The van der Waals surface area contributed by atoms with Crippen LogP contribution in [-0.2, 0) is 20.8 Å². The number of amides is 2. The molecule has 0 aliphatic rings. The lowest BCUT2D eigenvalue weighted by Gasteiger charge is -2.15. The fourth-order valence-electron chi connectivity index (χ4n) is 2.42. The van der Waals surface area contributed by atoms with Crippen LogP contribution in [0.15, 0.2) is 30.5 Å². The summed E-state index contributed by atoms with van der Waals surface area (Å²) in [5.41, 5.74) is 12.5. The molecule has 2 atom stereocenters. The van der Waals surface area contributed by atoms with E-state index in [2.05, 4.69) is 10.3 Å². The molecular formula is C16H20N4O4. The van der Waals surface area contributed by atoms with E-state index in [9.17, 15) is 14.4 Å². The molecular weight excluding hydrogens is 312 g/mol. The topological polar surface area (TPSA) is 151 Å². The highest BCUT2D eigenvalue weighted by molar-refractivity contribution is 5.89. The molecule has 0 radical (unpaired) electrons. The molecule has 128 valence electrons. The van der Waals surface area contributed by atoms with Gasteiger partial charge in [-0.3, -0.25) is 14.4 Å². The summed E-state index contributed by atoms with van der Waals surface area (Å²) in [6.45, 7) is 0.